The summed E-state index contributed by atoms with van der Waals surface area (Å²) in [5, 5.41) is 0. The fraction of sp³-hybridized carbons (Fsp3) is 0.182. The Balaban J connectivity index is 1.94. The summed E-state index contributed by atoms with van der Waals surface area (Å²) in [5.41, 5.74) is 3.78. The van der Waals surface area contributed by atoms with Gasteiger partial charge in [0.25, 0.3) is 0 Å². The molecular formula is C22H22O. The molecule has 0 bridgehead atoms. The van der Waals surface area contributed by atoms with Crippen molar-refractivity contribution in [2.24, 2.45) is 0 Å². The molecule has 0 fully saturated rings. The van der Waals surface area contributed by atoms with Gasteiger partial charge in [0.05, 0.1) is 0 Å². The zero-order valence-electron chi connectivity index (χ0n) is 13.9. The maximum absolute atomic E-state index is 6.06. The first-order valence-corrected chi connectivity index (χ1v) is 7.97. The summed E-state index contributed by atoms with van der Waals surface area (Å²) in [6, 6.07) is 26.8. The molecule has 0 aliphatic carbocycles. The molecule has 3 aromatic rings. The van der Waals surface area contributed by atoms with Gasteiger partial charge in [0.1, 0.15) is 11.5 Å². The molecule has 0 saturated carbocycles. The lowest BCUT2D eigenvalue weighted by atomic mass is 9.86. The van der Waals surface area contributed by atoms with Crippen LogP contribution in [0.1, 0.15) is 26.3 Å². The summed E-state index contributed by atoms with van der Waals surface area (Å²) in [6.45, 7) is 6.69. The molecular weight excluding hydrogens is 280 g/mol. The van der Waals surface area contributed by atoms with Crippen LogP contribution in [0.4, 0.5) is 0 Å². The van der Waals surface area contributed by atoms with Crippen molar-refractivity contribution in [2.45, 2.75) is 26.2 Å². The molecule has 0 aromatic heterocycles. The summed E-state index contributed by atoms with van der Waals surface area (Å²) in [7, 11) is 0. The Hall–Kier alpha value is -2.54. The fourth-order valence-electron chi connectivity index (χ4n) is 2.56. The first-order chi connectivity index (χ1) is 11.0. The van der Waals surface area contributed by atoms with Crippen molar-refractivity contribution >= 4 is 0 Å². The molecule has 116 valence electrons. The van der Waals surface area contributed by atoms with Gasteiger partial charge < -0.3 is 4.74 Å². The van der Waals surface area contributed by atoms with E-state index in [0.717, 1.165) is 17.1 Å². The van der Waals surface area contributed by atoms with Gasteiger partial charge in [-0.3, -0.25) is 0 Å². The number of hydrogen-bond acceptors (Lipinski definition) is 1. The highest BCUT2D eigenvalue weighted by atomic mass is 16.5. The third-order valence-corrected chi connectivity index (χ3v) is 3.92. The number of benzene rings is 3. The second-order valence-electron chi connectivity index (χ2n) is 6.74. The topological polar surface area (TPSA) is 9.23 Å². The summed E-state index contributed by atoms with van der Waals surface area (Å²) < 4.78 is 6.06. The predicted octanol–water partition coefficient (Wildman–Crippen LogP) is 6.44. The normalized spacial score (nSPS) is 11.3. The molecule has 0 radical (unpaired) electrons. The van der Waals surface area contributed by atoms with Gasteiger partial charge in [-0.15, -0.1) is 0 Å². The highest BCUT2D eigenvalue weighted by molar-refractivity contribution is 5.71. The number of para-hydroxylation sites is 2. The predicted molar refractivity (Wildman–Crippen MR) is 97.1 cm³/mol. The van der Waals surface area contributed by atoms with Gasteiger partial charge in [0.15, 0.2) is 0 Å². The molecule has 0 saturated heterocycles. The van der Waals surface area contributed by atoms with Crippen molar-refractivity contribution in [1.29, 1.82) is 0 Å². The van der Waals surface area contributed by atoms with E-state index >= 15 is 0 Å². The van der Waals surface area contributed by atoms with Crippen LogP contribution in [0.5, 0.6) is 11.5 Å². The van der Waals surface area contributed by atoms with E-state index in [1.807, 2.05) is 48.5 Å². The Kier molecular flexibility index (Phi) is 4.20. The van der Waals surface area contributed by atoms with Crippen LogP contribution in [-0.2, 0) is 5.41 Å². The number of ether oxygens (including phenoxy) is 1. The molecule has 0 aliphatic heterocycles. The van der Waals surface area contributed by atoms with E-state index in [1.54, 1.807) is 0 Å². The van der Waals surface area contributed by atoms with Crippen LogP contribution < -0.4 is 4.74 Å². The number of rotatable bonds is 3. The standard InChI is InChI=1S/C22H22O/c1-22(2,3)18-15-13-17(14-16-18)20-11-7-8-12-21(20)23-19-9-5-4-6-10-19/h4-16H,1-3H3. The van der Waals surface area contributed by atoms with E-state index in [2.05, 4.69) is 51.1 Å². The van der Waals surface area contributed by atoms with Crippen molar-refractivity contribution in [2.75, 3.05) is 0 Å². The molecule has 1 nitrogen and oxygen atoms in total. The zero-order chi connectivity index (χ0) is 16.3. The lowest BCUT2D eigenvalue weighted by Gasteiger charge is -2.19. The van der Waals surface area contributed by atoms with Crippen LogP contribution in [0.2, 0.25) is 0 Å². The summed E-state index contributed by atoms with van der Waals surface area (Å²) in [6.07, 6.45) is 0. The first kappa shape index (κ1) is 15.4. The fourth-order valence-corrected chi connectivity index (χ4v) is 2.56. The van der Waals surface area contributed by atoms with Gasteiger partial charge in [-0.1, -0.05) is 81.4 Å². The van der Waals surface area contributed by atoms with Crippen LogP contribution in [0.25, 0.3) is 11.1 Å². The van der Waals surface area contributed by atoms with E-state index in [-0.39, 0.29) is 5.41 Å². The highest BCUT2D eigenvalue weighted by Crippen LogP contribution is 2.34. The van der Waals surface area contributed by atoms with Gasteiger partial charge in [-0.2, -0.15) is 0 Å². The Morgan fingerprint density at radius 1 is 0.652 bits per heavy atom. The summed E-state index contributed by atoms with van der Waals surface area (Å²) >= 11 is 0. The Bertz CT molecular complexity index is 765. The molecule has 0 unspecified atom stereocenters. The van der Waals surface area contributed by atoms with E-state index in [1.165, 1.54) is 11.1 Å². The van der Waals surface area contributed by atoms with Crippen molar-refractivity contribution in [1.82, 2.24) is 0 Å². The monoisotopic (exact) mass is 302 g/mol. The maximum atomic E-state index is 6.06. The maximum Gasteiger partial charge on any atom is 0.135 e. The van der Waals surface area contributed by atoms with Gasteiger partial charge in [0, 0.05) is 5.56 Å². The quantitative estimate of drug-likeness (QED) is 0.540. The average Bonchev–Trinajstić information content (AvgIpc) is 2.56. The number of hydrogen-bond donors (Lipinski definition) is 0. The minimum absolute atomic E-state index is 0.165. The largest absolute Gasteiger partial charge is 0.457 e. The smallest absolute Gasteiger partial charge is 0.135 e. The Labute approximate surface area is 138 Å². The molecule has 1 heteroatoms. The first-order valence-electron chi connectivity index (χ1n) is 7.97. The second-order valence-corrected chi connectivity index (χ2v) is 6.74. The molecule has 0 atom stereocenters. The van der Waals surface area contributed by atoms with Crippen LogP contribution in [-0.4, -0.2) is 0 Å². The third kappa shape index (κ3) is 3.62. The minimum Gasteiger partial charge on any atom is -0.457 e. The molecule has 0 heterocycles. The molecule has 23 heavy (non-hydrogen) atoms. The van der Waals surface area contributed by atoms with E-state index in [9.17, 15) is 0 Å². The van der Waals surface area contributed by atoms with Gasteiger partial charge in [-0.25, -0.2) is 0 Å². The Morgan fingerprint density at radius 2 is 1.26 bits per heavy atom. The molecule has 3 rings (SSSR count). The summed E-state index contributed by atoms with van der Waals surface area (Å²) in [5.74, 6) is 1.73. The highest BCUT2D eigenvalue weighted by Gasteiger charge is 2.14. The van der Waals surface area contributed by atoms with Crippen LogP contribution in [0, 0.1) is 0 Å². The van der Waals surface area contributed by atoms with E-state index in [4.69, 9.17) is 4.74 Å². The SMILES string of the molecule is CC(C)(C)c1ccc(-c2ccccc2Oc2ccccc2)cc1. The molecule has 3 aromatic carbocycles. The van der Waals surface area contributed by atoms with E-state index < -0.39 is 0 Å². The molecule has 0 aliphatic rings. The molecule has 0 amide bonds. The molecule has 0 spiro atoms. The van der Waals surface area contributed by atoms with Crippen molar-refractivity contribution in [3.63, 3.8) is 0 Å². The van der Waals surface area contributed by atoms with Crippen LogP contribution in [0.3, 0.4) is 0 Å². The lowest BCUT2D eigenvalue weighted by Crippen LogP contribution is -2.10. The second kappa shape index (κ2) is 6.29. The Morgan fingerprint density at radius 3 is 1.91 bits per heavy atom. The lowest BCUT2D eigenvalue weighted by molar-refractivity contribution is 0.484. The van der Waals surface area contributed by atoms with Crippen LogP contribution >= 0.6 is 0 Å². The van der Waals surface area contributed by atoms with Crippen LogP contribution in [0.15, 0.2) is 78.9 Å². The molecule has 0 N–H and O–H groups in total. The zero-order valence-corrected chi connectivity index (χ0v) is 13.9. The van der Waals surface area contributed by atoms with Gasteiger partial charge in [0.2, 0.25) is 0 Å². The van der Waals surface area contributed by atoms with E-state index in [0.29, 0.717) is 0 Å². The van der Waals surface area contributed by atoms with Gasteiger partial charge in [-0.05, 0) is 34.7 Å². The van der Waals surface area contributed by atoms with Gasteiger partial charge >= 0.3 is 0 Å². The van der Waals surface area contributed by atoms with Crippen molar-refractivity contribution < 1.29 is 4.74 Å². The van der Waals surface area contributed by atoms with Crippen molar-refractivity contribution in [3.05, 3.63) is 84.4 Å². The third-order valence-electron chi connectivity index (χ3n) is 3.92. The summed E-state index contributed by atoms with van der Waals surface area (Å²) in [4.78, 5) is 0. The average molecular weight is 302 g/mol. The van der Waals surface area contributed by atoms with Crippen molar-refractivity contribution in [3.8, 4) is 22.6 Å². The minimum atomic E-state index is 0.165.